The van der Waals surface area contributed by atoms with Crippen LogP contribution in [0.15, 0.2) is 0 Å². The molecular weight excluding hydrogens is 317 g/mol. The van der Waals surface area contributed by atoms with Gasteiger partial charge in [0.2, 0.25) is 0 Å². The van der Waals surface area contributed by atoms with Crippen LogP contribution >= 0.6 is 0 Å². The third kappa shape index (κ3) is 11.7. The Bertz CT molecular complexity index is 74.6. The molecule has 0 fully saturated rings. The second-order valence-electron chi connectivity index (χ2n) is 1.33. The van der Waals surface area contributed by atoms with Gasteiger partial charge in [-0.25, -0.2) is 0 Å². The Morgan fingerprint density at radius 2 is 2.00 bits per heavy atom. The first kappa shape index (κ1) is 12.0. The van der Waals surface area contributed by atoms with Crippen LogP contribution in [0.1, 0.15) is 6.92 Å². The molecule has 0 saturated heterocycles. The summed E-state index contributed by atoms with van der Waals surface area (Å²) in [6, 6.07) is 0. The molecule has 0 spiro atoms. The molecule has 0 unspecified atom stereocenters. The van der Waals surface area contributed by atoms with Crippen molar-refractivity contribution in [2.24, 2.45) is 0 Å². The van der Waals surface area contributed by atoms with Gasteiger partial charge in [0.15, 0.2) is 0 Å². The standard InChI is InChI=1S/C5H10O3.Bi.3H/c1-5(6)8-4-3-7-2;;;;/h3-4H2,1-2H3;;;;. The van der Waals surface area contributed by atoms with Crippen molar-refractivity contribution in [2.75, 3.05) is 20.3 Å². The number of rotatable bonds is 3. The zero-order valence-corrected chi connectivity index (χ0v) is 11.3. The second-order valence-corrected chi connectivity index (χ2v) is 1.33. The average molecular weight is 330 g/mol. The topological polar surface area (TPSA) is 35.5 Å². The molecule has 0 aromatic carbocycles. The molecule has 0 radical (unpaired) electrons. The number of carbonyl (C=O) groups is 1. The second kappa shape index (κ2) is 8.31. The molecule has 4 heteroatoms. The Balaban J connectivity index is 0. The summed E-state index contributed by atoms with van der Waals surface area (Å²) < 4.78 is 9.13. The minimum atomic E-state index is -0.262. The molecule has 0 amide bonds. The Morgan fingerprint density at radius 1 is 1.44 bits per heavy atom. The normalized spacial score (nSPS) is 7.78. The van der Waals surface area contributed by atoms with Gasteiger partial charge in [0, 0.05) is 14.0 Å². The van der Waals surface area contributed by atoms with Crippen LogP contribution in [0.2, 0.25) is 0 Å². The Labute approximate surface area is 73.8 Å². The van der Waals surface area contributed by atoms with Gasteiger partial charge in [-0.2, -0.15) is 0 Å². The van der Waals surface area contributed by atoms with Gasteiger partial charge in [-0.3, -0.25) is 4.79 Å². The van der Waals surface area contributed by atoms with Crippen LogP contribution in [0.3, 0.4) is 0 Å². The maximum atomic E-state index is 10.0. The summed E-state index contributed by atoms with van der Waals surface area (Å²) in [5, 5.41) is 0. The van der Waals surface area contributed by atoms with Crippen LogP contribution in [-0.4, -0.2) is 52.5 Å². The summed E-state index contributed by atoms with van der Waals surface area (Å²) in [7, 11) is 1.56. The van der Waals surface area contributed by atoms with Crippen molar-refractivity contribution in [3.8, 4) is 0 Å². The molecule has 0 N–H and O–H groups in total. The zero-order chi connectivity index (χ0) is 6.41. The van der Waals surface area contributed by atoms with E-state index in [1.807, 2.05) is 0 Å². The molecule has 0 saturated carbocycles. The van der Waals surface area contributed by atoms with E-state index in [1.165, 1.54) is 6.92 Å². The Kier molecular flexibility index (Phi) is 11.1. The summed E-state index contributed by atoms with van der Waals surface area (Å²) in [6.07, 6.45) is 0. The van der Waals surface area contributed by atoms with E-state index in [9.17, 15) is 4.79 Å². The van der Waals surface area contributed by atoms with E-state index >= 15 is 0 Å². The zero-order valence-electron chi connectivity index (χ0n) is 5.85. The van der Waals surface area contributed by atoms with Crippen LogP contribution < -0.4 is 0 Å². The van der Waals surface area contributed by atoms with Crippen molar-refractivity contribution in [3.63, 3.8) is 0 Å². The molecule has 3 nitrogen and oxygen atoms in total. The number of hydrogen-bond donors (Lipinski definition) is 0. The molecule has 0 aliphatic heterocycles. The van der Waals surface area contributed by atoms with E-state index in [0.717, 1.165) is 0 Å². The van der Waals surface area contributed by atoms with Crippen LogP contribution in [0.5, 0.6) is 0 Å². The van der Waals surface area contributed by atoms with E-state index in [-0.39, 0.29) is 32.2 Å². The molecule has 0 rings (SSSR count). The molecule has 0 aromatic rings. The van der Waals surface area contributed by atoms with E-state index < -0.39 is 0 Å². The minimum absolute atomic E-state index is 0. The third-order valence-corrected chi connectivity index (χ3v) is 0.593. The fraction of sp³-hybridized carbons (Fsp3) is 0.800. The van der Waals surface area contributed by atoms with Gasteiger partial charge in [0.05, 0.1) is 6.61 Å². The molecule has 0 aromatic heterocycles. The number of methoxy groups -OCH3 is 1. The van der Waals surface area contributed by atoms with Crippen LogP contribution in [0, 0.1) is 0 Å². The van der Waals surface area contributed by atoms with Gasteiger partial charge in [0.1, 0.15) is 6.61 Å². The molecule has 0 heterocycles. The maximum absolute atomic E-state index is 10.0. The summed E-state index contributed by atoms with van der Waals surface area (Å²) in [5.74, 6) is -0.262. The van der Waals surface area contributed by atoms with Crippen molar-refractivity contribution in [2.45, 2.75) is 6.92 Å². The van der Waals surface area contributed by atoms with Crippen LogP contribution in [0.4, 0.5) is 0 Å². The fourth-order valence-corrected chi connectivity index (χ4v) is 0.269. The molecular formula is C5H13BiO3. The predicted octanol–water partition coefficient (Wildman–Crippen LogP) is -0.988. The van der Waals surface area contributed by atoms with Crippen molar-refractivity contribution in [3.05, 3.63) is 0 Å². The Morgan fingerprint density at radius 3 is 2.33 bits per heavy atom. The molecule has 0 aliphatic rings. The van der Waals surface area contributed by atoms with Crippen LogP contribution in [-0.2, 0) is 14.3 Å². The Hall–Kier alpha value is 0.313. The van der Waals surface area contributed by atoms with Crippen molar-refractivity contribution >= 4 is 32.2 Å². The quantitative estimate of drug-likeness (QED) is 0.379. The first-order valence-electron chi connectivity index (χ1n) is 2.39. The molecule has 0 bridgehead atoms. The van der Waals surface area contributed by atoms with Gasteiger partial charge in [-0.1, -0.05) is 0 Å². The van der Waals surface area contributed by atoms with Gasteiger partial charge < -0.3 is 9.47 Å². The summed E-state index contributed by atoms with van der Waals surface area (Å²) in [6.45, 7) is 2.20. The fourth-order valence-electron chi connectivity index (χ4n) is 0.269. The number of hydrogen-bond acceptors (Lipinski definition) is 3. The van der Waals surface area contributed by atoms with Crippen molar-refractivity contribution in [1.82, 2.24) is 0 Å². The van der Waals surface area contributed by atoms with Gasteiger partial charge in [0.25, 0.3) is 0 Å². The monoisotopic (exact) mass is 330 g/mol. The van der Waals surface area contributed by atoms with E-state index in [2.05, 4.69) is 9.47 Å². The summed E-state index contributed by atoms with van der Waals surface area (Å²) in [4.78, 5) is 10.0. The number of ether oxygens (including phenoxy) is 2. The number of esters is 1. The molecule has 0 atom stereocenters. The van der Waals surface area contributed by atoms with Crippen molar-refractivity contribution < 1.29 is 14.3 Å². The SMILES string of the molecule is COCCOC(C)=O.[BiH3]. The number of carbonyl (C=O) groups excluding carboxylic acids is 1. The van der Waals surface area contributed by atoms with Crippen LogP contribution in [0.25, 0.3) is 0 Å². The molecule has 9 heavy (non-hydrogen) atoms. The van der Waals surface area contributed by atoms with E-state index in [0.29, 0.717) is 13.2 Å². The molecule has 56 valence electrons. The predicted molar refractivity (Wildman–Crippen MR) is 38.4 cm³/mol. The molecule has 0 aliphatic carbocycles. The summed E-state index contributed by atoms with van der Waals surface area (Å²) >= 11 is 0. The van der Waals surface area contributed by atoms with Gasteiger partial charge in [-0.05, 0) is 0 Å². The van der Waals surface area contributed by atoms with Gasteiger partial charge in [-0.15, -0.1) is 0 Å². The summed E-state index contributed by atoms with van der Waals surface area (Å²) in [5.41, 5.74) is 0. The van der Waals surface area contributed by atoms with E-state index in [1.54, 1.807) is 7.11 Å². The third-order valence-electron chi connectivity index (χ3n) is 0.593. The van der Waals surface area contributed by atoms with Crippen molar-refractivity contribution in [1.29, 1.82) is 0 Å². The first-order valence-corrected chi connectivity index (χ1v) is 2.39. The van der Waals surface area contributed by atoms with Gasteiger partial charge >= 0.3 is 32.2 Å². The van der Waals surface area contributed by atoms with E-state index in [4.69, 9.17) is 0 Å². The average Bonchev–Trinajstić information content (AvgIpc) is 1.66. The first-order chi connectivity index (χ1) is 3.77.